The first-order chi connectivity index (χ1) is 12.0. The van der Waals surface area contributed by atoms with E-state index >= 15 is 0 Å². The van der Waals surface area contributed by atoms with Gasteiger partial charge in [0.25, 0.3) is 11.5 Å². The van der Waals surface area contributed by atoms with Crippen molar-refractivity contribution in [2.24, 2.45) is 0 Å². The van der Waals surface area contributed by atoms with Gasteiger partial charge >= 0.3 is 0 Å². The maximum Gasteiger partial charge on any atom is 0.266 e. The van der Waals surface area contributed by atoms with E-state index in [1.165, 1.54) is 10.7 Å². The molecule has 1 amide bonds. The molecule has 0 atom stereocenters. The second kappa shape index (κ2) is 7.12. The number of aryl methyl sites for hydroxylation is 2. The van der Waals surface area contributed by atoms with Gasteiger partial charge < -0.3 is 5.32 Å². The Labute approximate surface area is 144 Å². The zero-order valence-corrected chi connectivity index (χ0v) is 14.1. The summed E-state index contributed by atoms with van der Waals surface area (Å²) in [5.74, 6) is 0.379. The highest BCUT2D eigenvalue weighted by atomic mass is 16.2. The Kier molecular flexibility index (Phi) is 4.74. The minimum atomic E-state index is -0.226. The largest absolute Gasteiger partial charge is 0.350 e. The fraction of sp³-hybridized carbons (Fsp3) is 0.222. The van der Waals surface area contributed by atoms with Gasteiger partial charge in [-0.15, -0.1) is 5.10 Å². The molecule has 0 aliphatic heterocycles. The standard InChI is InChI=1S/C18H19N5O2/c1-13-4-5-15(12-14(13)2)18(25)19-9-11-23-17(24)7-6-16(21-23)22-10-3-8-20-22/h3-8,10,12H,9,11H2,1-2H3,(H,19,25). The summed E-state index contributed by atoms with van der Waals surface area (Å²) in [4.78, 5) is 24.1. The molecule has 2 aromatic heterocycles. The van der Waals surface area contributed by atoms with Crippen molar-refractivity contribution >= 4 is 5.91 Å². The van der Waals surface area contributed by atoms with Crippen LogP contribution in [0.5, 0.6) is 0 Å². The average Bonchev–Trinajstić information content (AvgIpc) is 3.13. The summed E-state index contributed by atoms with van der Waals surface area (Å²) in [7, 11) is 0. The third-order valence-electron chi connectivity index (χ3n) is 3.97. The normalized spacial score (nSPS) is 10.6. The number of rotatable bonds is 5. The van der Waals surface area contributed by atoms with E-state index in [1.807, 2.05) is 26.0 Å². The van der Waals surface area contributed by atoms with Gasteiger partial charge in [-0.25, -0.2) is 9.36 Å². The molecular formula is C18H19N5O2. The van der Waals surface area contributed by atoms with Gasteiger partial charge in [-0.1, -0.05) is 6.07 Å². The van der Waals surface area contributed by atoms with E-state index in [1.54, 1.807) is 35.3 Å². The summed E-state index contributed by atoms with van der Waals surface area (Å²) in [6.07, 6.45) is 3.39. The molecule has 25 heavy (non-hydrogen) atoms. The Hall–Kier alpha value is -3.22. The molecule has 0 saturated heterocycles. The lowest BCUT2D eigenvalue weighted by molar-refractivity contribution is 0.0951. The summed E-state index contributed by atoms with van der Waals surface area (Å²) in [6, 6.07) is 10.4. The van der Waals surface area contributed by atoms with Crippen molar-refractivity contribution in [3.8, 4) is 5.82 Å². The summed E-state index contributed by atoms with van der Waals surface area (Å²) in [6.45, 7) is 4.56. The third-order valence-corrected chi connectivity index (χ3v) is 3.97. The molecule has 3 aromatic rings. The van der Waals surface area contributed by atoms with Gasteiger partial charge in [-0.05, 0) is 49.2 Å². The minimum absolute atomic E-state index is 0.167. The molecule has 0 aliphatic carbocycles. The number of hydrogen-bond donors (Lipinski definition) is 1. The second-order valence-electron chi connectivity index (χ2n) is 5.76. The second-order valence-corrected chi connectivity index (χ2v) is 5.76. The first kappa shape index (κ1) is 16.6. The van der Waals surface area contributed by atoms with E-state index in [9.17, 15) is 9.59 Å². The van der Waals surface area contributed by atoms with Crippen molar-refractivity contribution in [1.29, 1.82) is 0 Å². The first-order valence-electron chi connectivity index (χ1n) is 7.98. The van der Waals surface area contributed by atoms with Gasteiger partial charge in [0.1, 0.15) is 0 Å². The highest BCUT2D eigenvalue weighted by molar-refractivity contribution is 5.94. The molecule has 1 N–H and O–H groups in total. The number of carbonyl (C=O) groups excluding carboxylic acids is 1. The van der Waals surface area contributed by atoms with Gasteiger partial charge in [0.2, 0.25) is 0 Å². The molecule has 0 fully saturated rings. The molecule has 128 valence electrons. The minimum Gasteiger partial charge on any atom is -0.350 e. The number of amides is 1. The molecule has 0 bridgehead atoms. The lowest BCUT2D eigenvalue weighted by atomic mass is 10.1. The lowest BCUT2D eigenvalue weighted by Gasteiger charge is -2.09. The highest BCUT2D eigenvalue weighted by Crippen LogP contribution is 2.09. The summed E-state index contributed by atoms with van der Waals surface area (Å²) < 4.78 is 2.89. The Morgan fingerprint density at radius 3 is 2.72 bits per heavy atom. The van der Waals surface area contributed by atoms with E-state index in [0.29, 0.717) is 17.9 Å². The molecular weight excluding hydrogens is 318 g/mol. The highest BCUT2D eigenvalue weighted by Gasteiger charge is 2.07. The first-order valence-corrected chi connectivity index (χ1v) is 7.98. The van der Waals surface area contributed by atoms with Gasteiger partial charge in [0.15, 0.2) is 5.82 Å². The molecule has 2 heterocycles. The fourth-order valence-electron chi connectivity index (χ4n) is 2.38. The van der Waals surface area contributed by atoms with E-state index in [2.05, 4.69) is 15.5 Å². The van der Waals surface area contributed by atoms with E-state index in [4.69, 9.17) is 0 Å². The average molecular weight is 337 g/mol. The third kappa shape index (κ3) is 3.82. The van der Waals surface area contributed by atoms with Crippen LogP contribution >= 0.6 is 0 Å². The number of aromatic nitrogens is 4. The van der Waals surface area contributed by atoms with E-state index in [-0.39, 0.29) is 18.0 Å². The van der Waals surface area contributed by atoms with Gasteiger partial charge in [-0.3, -0.25) is 9.59 Å². The summed E-state index contributed by atoms with van der Waals surface area (Å²) >= 11 is 0. The van der Waals surface area contributed by atoms with Crippen LogP contribution in [-0.2, 0) is 6.54 Å². The maximum absolute atomic E-state index is 12.2. The Morgan fingerprint density at radius 2 is 2.00 bits per heavy atom. The quantitative estimate of drug-likeness (QED) is 0.764. The molecule has 0 saturated carbocycles. The van der Waals surface area contributed by atoms with Crippen LogP contribution < -0.4 is 10.9 Å². The Morgan fingerprint density at radius 1 is 1.16 bits per heavy atom. The topological polar surface area (TPSA) is 81.8 Å². The van der Waals surface area contributed by atoms with Crippen molar-refractivity contribution in [2.45, 2.75) is 20.4 Å². The smallest absolute Gasteiger partial charge is 0.266 e. The van der Waals surface area contributed by atoms with Crippen LogP contribution in [0.15, 0.2) is 53.6 Å². The van der Waals surface area contributed by atoms with Crippen LogP contribution in [-0.4, -0.2) is 32.0 Å². The lowest BCUT2D eigenvalue weighted by Crippen LogP contribution is -2.32. The summed E-state index contributed by atoms with van der Waals surface area (Å²) in [5.41, 5.74) is 2.59. The van der Waals surface area contributed by atoms with Crippen LogP contribution in [0.1, 0.15) is 21.5 Å². The number of nitrogens with zero attached hydrogens (tertiary/aromatic N) is 4. The predicted octanol–water partition coefficient (Wildman–Crippen LogP) is 1.48. The monoisotopic (exact) mass is 337 g/mol. The molecule has 0 aliphatic rings. The van der Waals surface area contributed by atoms with E-state index < -0.39 is 0 Å². The number of hydrogen-bond acceptors (Lipinski definition) is 4. The van der Waals surface area contributed by atoms with Crippen LogP contribution in [0.4, 0.5) is 0 Å². The van der Waals surface area contributed by atoms with Crippen molar-refractivity contribution < 1.29 is 4.79 Å². The van der Waals surface area contributed by atoms with Crippen LogP contribution in [0.3, 0.4) is 0 Å². The Bertz CT molecular complexity index is 944. The molecule has 0 unspecified atom stereocenters. The number of benzene rings is 1. The van der Waals surface area contributed by atoms with Crippen molar-refractivity contribution in [2.75, 3.05) is 6.54 Å². The Balaban J connectivity index is 1.65. The van der Waals surface area contributed by atoms with Gasteiger partial charge in [-0.2, -0.15) is 5.10 Å². The van der Waals surface area contributed by atoms with E-state index in [0.717, 1.165) is 11.1 Å². The zero-order chi connectivity index (χ0) is 17.8. The molecule has 0 spiro atoms. The molecule has 0 radical (unpaired) electrons. The van der Waals surface area contributed by atoms with Crippen LogP contribution in [0.2, 0.25) is 0 Å². The SMILES string of the molecule is Cc1ccc(C(=O)NCCn2nc(-n3cccn3)ccc2=O)cc1C. The molecule has 1 aromatic carbocycles. The molecule has 7 nitrogen and oxygen atoms in total. The predicted molar refractivity (Wildman–Crippen MR) is 93.9 cm³/mol. The van der Waals surface area contributed by atoms with Gasteiger partial charge in [0, 0.05) is 30.6 Å². The van der Waals surface area contributed by atoms with Crippen molar-refractivity contribution in [3.63, 3.8) is 0 Å². The maximum atomic E-state index is 12.2. The summed E-state index contributed by atoms with van der Waals surface area (Å²) in [5, 5.41) is 11.2. The molecule has 7 heteroatoms. The fourth-order valence-corrected chi connectivity index (χ4v) is 2.38. The van der Waals surface area contributed by atoms with Crippen LogP contribution in [0.25, 0.3) is 5.82 Å². The van der Waals surface area contributed by atoms with Crippen molar-refractivity contribution in [3.05, 3.63) is 75.8 Å². The number of carbonyl (C=O) groups is 1. The van der Waals surface area contributed by atoms with Crippen LogP contribution in [0, 0.1) is 13.8 Å². The zero-order valence-electron chi connectivity index (χ0n) is 14.1. The number of nitrogens with one attached hydrogen (secondary N) is 1. The van der Waals surface area contributed by atoms with Crippen molar-refractivity contribution in [1.82, 2.24) is 24.9 Å². The molecule has 3 rings (SSSR count). The van der Waals surface area contributed by atoms with Gasteiger partial charge in [0.05, 0.1) is 6.54 Å².